The Balaban J connectivity index is 1.12. The van der Waals surface area contributed by atoms with Crippen molar-refractivity contribution in [1.82, 2.24) is 10.3 Å². The highest BCUT2D eigenvalue weighted by molar-refractivity contribution is 9.10. The van der Waals surface area contributed by atoms with Crippen molar-refractivity contribution in [2.45, 2.75) is 12.5 Å². The molecule has 182 valence electrons. The molecule has 2 aliphatic heterocycles. The lowest BCUT2D eigenvalue weighted by molar-refractivity contribution is -0.120. The average Bonchev–Trinajstić information content (AvgIpc) is 3.52. The molecule has 1 aromatic carbocycles. The number of piperazine rings is 1. The van der Waals surface area contributed by atoms with Crippen molar-refractivity contribution in [3.8, 4) is 0 Å². The summed E-state index contributed by atoms with van der Waals surface area (Å²) in [6, 6.07) is 17.8. The molecule has 0 aliphatic carbocycles. The van der Waals surface area contributed by atoms with Gasteiger partial charge in [0.25, 0.3) is 0 Å². The molecular formula is C25H26BrN5O3S. The number of anilines is 3. The zero-order chi connectivity index (χ0) is 24.2. The van der Waals surface area contributed by atoms with Gasteiger partial charge in [0.15, 0.2) is 0 Å². The lowest BCUT2D eigenvalue weighted by atomic mass is 10.2. The van der Waals surface area contributed by atoms with Crippen molar-refractivity contribution in [3.05, 3.63) is 69.5 Å². The Labute approximate surface area is 216 Å². The van der Waals surface area contributed by atoms with Crippen LogP contribution in [0.5, 0.6) is 0 Å². The Morgan fingerprint density at radius 1 is 1.03 bits per heavy atom. The molecule has 2 aliphatic rings. The summed E-state index contributed by atoms with van der Waals surface area (Å²) in [4.78, 5) is 36.4. The SMILES string of the molecule is O=C(Cc1cccs1)NC[C@H]1CN(c2ccc(N3CCN(c4cccc(Br)n4)CC3)cc2)C(=O)O1. The fourth-order valence-electron chi connectivity index (χ4n) is 4.31. The van der Waals surface area contributed by atoms with Gasteiger partial charge in [0.1, 0.15) is 16.5 Å². The maximum Gasteiger partial charge on any atom is 0.414 e. The Morgan fingerprint density at radius 3 is 2.49 bits per heavy atom. The molecule has 2 fully saturated rings. The zero-order valence-corrected chi connectivity index (χ0v) is 21.5. The van der Waals surface area contributed by atoms with Crippen molar-refractivity contribution in [3.63, 3.8) is 0 Å². The van der Waals surface area contributed by atoms with Crippen LogP contribution in [0.1, 0.15) is 4.88 Å². The number of rotatable bonds is 7. The molecule has 5 rings (SSSR count). The van der Waals surface area contributed by atoms with Crippen LogP contribution >= 0.6 is 27.3 Å². The monoisotopic (exact) mass is 555 g/mol. The van der Waals surface area contributed by atoms with Crippen LogP contribution in [0.25, 0.3) is 0 Å². The number of cyclic esters (lactones) is 1. The number of amides is 2. The number of halogens is 1. The van der Waals surface area contributed by atoms with E-state index in [2.05, 4.69) is 36.0 Å². The first kappa shape index (κ1) is 23.6. The fraction of sp³-hybridized carbons (Fsp3) is 0.320. The summed E-state index contributed by atoms with van der Waals surface area (Å²) in [5, 5.41) is 4.82. The van der Waals surface area contributed by atoms with E-state index in [9.17, 15) is 9.59 Å². The van der Waals surface area contributed by atoms with Gasteiger partial charge in [-0.3, -0.25) is 9.69 Å². The first-order valence-electron chi connectivity index (χ1n) is 11.5. The number of carbonyl (C=O) groups excluding carboxylic acids is 2. The molecule has 3 aromatic rings. The predicted octanol–water partition coefficient (Wildman–Crippen LogP) is 3.92. The second kappa shape index (κ2) is 10.7. The number of carbonyl (C=O) groups is 2. The Kier molecular flexibility index (Phi) is 7.19. The Morgan fingerprint density at radius 2 is 1.77 bits per heavy atom. The van der Waals surface area contributed by atoms with Gasteiger partial charge < -0.3 is 19.9 Å². The highest BCUT2D eigenvalue weighted by atomic mass is 79.9. The van der Waals surface area contributed by atoms with Crippen LogP contribution in [0.15, 0.2) is 64.6 Å². The number of pyridine rings is 1. The number of benzene rings is 1. The molecule has 0 bridgehead atoms. The van der Waals surface area contributed by atoms with Crippen LogP contribution < -0.4 is 20.0 Å². The van der Waals surface area contributed by atoms with Gasteiger partial charge in [-0.2, -0.15) is 0 Å². The van der Waals surface area contributed by atoms with Crippen LogP contribution in [0.4, 0.5) is 22.0 Å². The van der Waals surface area contributed by atoms with Gasteiger partial charge in [-0.05, 0) is 63.8 Å². The van der Waals surface area contributed by atoms with E-state index in [0.29, 0.717) is 19.5 Å². The van der Waals surface area contributed by atoms with Crippen LogP contribution in [0.2, 0.25) is 0 Å². The van der Waals surface area contributed by atoms with Gasteiger partial charge in [-0.15, -0.1) is 11.3 Å². The first-order chi connectivity index (χ1) is 17.0. The molecule has 2 aromatic heterocycles. The largest absolute Gasteiger partial charge is 0.442 e. The molecule has 1 atom stereocenters. The number of nitrogens with zero attached hydrogens (tertiary/aromatic N) is 4. The van der Waals surface area contributed by atoms with E-state index >= 15 is 0 Å². The normalized spacial score (nSPS) is 18.0. The van der Waals surface area contributed by atoms with E-state index in [1.165, 1.54) is 0 Å². The number of thiophene rings is 1. The van der Waals surface area contributed by atoms with Gasteiger partial charge >= 0.3 is 6.09 Å². The quantitative estimate of drug-likeness (QED) is 0.445. The van der Waals surface area contributed by atoms with Gasteiger partial charge in [0, 0.05) is 42.4 Å². The summed E-state index contributed by atoms with van der Waals surface area (Å²) < 4.78 is 6.32. The Hall–Kier alpha value is -3.11. The van der Waals surface area contributed by atoms with Crippen molar-refractivity contribution < 1.29 is 14.3 Å². The van der Waals surface area contributed by atoms with E-state index in [-0.39, 0.29) is 18.1 Å². The minimum Gasteiger partial charge on any atom is -0.442 e. The third-order valence-corrected chi connectivity index (χ3v) is 7.46. The summed E-state index contributed by atoms with van der Waals surface area (Å²) in [6.45, 7) is 4.30. The first-order valence-corrected chi connectivity index (χ1v) is 13.2. The average molecular weight is 556 g/mol. The smallest absolute Gasteiger partial charge is 0.414 e. The van der Waals surface area contributed by atoms with Gasteiger partial charge in [-0.25, -0.2) is 9.78 Å². The minimum atomic E-state index is -0.384. The number of aromatic nitrogens is 1. The third-order valence-electron chi connectivity index (χ3n) is 6.15. The van der Waals surface area contributed by atoms with E-state index < -0.39 is 0 Å². The highest BCUT2D eigenvalue weighted by Crippen LogP contribution is 2.26. The summed E-state index contributed by atoms with van der Waals surface area (Å²) in [7, 11) is 0. The molecular weight excluding hydrogens is 530 g/mol. The molecule has 4 heterocycles. The van der Waals surface area contributed by atoms with Crippen molar-refractivity contribution in [2.24, 2.45) is 0 Å². The molecule has 8 nitrogen and oxygen atoms in total. The van der Waals surface area contributed by atoms with Crippen molar-refractivity contribution in [1.29, 1.82) is 0 Å². The predicted molar refractivity (Wildman–Crippen MR) is 141 cm³/mol. The second-order valence-electron chi connectivity index (χ2n) is 8.49. The fourth-order valence-corrected chi connectivity index (χ4v) is 5.35. The molecule has 1 N–H and O–H groups in total. The minimum absolute atomic E-state index is 0.0675. The second-order valence-corrected chi connectivity index (χ2v) is 10.3. The molecule has 2 saturated heterocycles. The lowest BCUT2D eigenvalue weighted by Gasteiger charge is -2.36. The van der Waals surface area contributed by atoms with E-state index in [1.807, 2.05) is 60.0 Å². The molecule has 0 spiro atoms. The third kappa shape index (κ3) is 5.76. The highest BCUT2D eigenvalue weighted by Gasteiger charge is 2.32. The maximum atomic E-state index is 12.4. The number of hydrogen-bond acceptors (Lipinski definition) is 7. The molecule has 35 heavy (non-hydrogen) atoms. The van der Waals surface area contributed by atoms with E-state index in [4.69, 9.17) is 4.74 Å². The maximum absolute atomic E-state index is 12.4. The summed E-state index contributed by atoms with van der Waals surface area (Å²) in [5.74, 6) is 0.918. The molecule has 0 saturated carbocycles. The van der Waals surface area contributed by atoms with Crippen LogP contribution in [-0.4, -0.2) is 62.4 Å². The Bertz CT molecular complexity index is 1170. The van der Waals surface area contributed by atoms with Crippen LogP contribution in [0, 0.1) is 0 Å². The number of ether oxygens (including phenoxy) is 1. The molecule has 2 amide bonds. The summed E-state index contributed by atoms with van der Waals surface area (Å²) >= 11 is 5.00. The molecule has 10 heteroatoms. The summed E-state index contributed by atoms with van der Waals surface area (Å²) in [6.07, 6.45) is -0.406. The van der Waals surface area contributed by atoms with Crippen LogP contribution in [-0.2, 0) is 16.0 Å². The van der Waals surface area contributed by atoms with Gasteiger partial charge in [0.05, 0.1) is 19.5 Å². The van der Waals surface area contributed by atoms with Crippen molar-refractivity contribution >= 4 is 56.5 Å². The van der Waals surface area contributed by atoms with Gasteiger partial charge in [0.2, 0.25) is 5.91 Å². The number of nitrogens with one attached hydrogen (secondary N) is 1. The lowest BCUT2D eigenvalue weighted by Crippen LogP contribution is -2.46. The topological polar surface area (TPSA) is 78.0 Å². The van der Waals surface area contributed by atoms with E-state index in [1.54, 1.807) is 16.2 Å². The molecule has 0 unspecified atom stereocenters. The zero-order valence-electron chi connectivity index (χ0n) is 19.1. The standard InChI is InChI=1S/C25H26BrN5O3S/c26-22-4-1-5-23(28-22)30-12-10-29(11-13-30)18-6-8-19(9-7-18)31-17-20(34-25(31)33)16-27-24(32)15-21-3-2-14-35-21/h1-9,14,20H,10-13,15-17H2,(H,27,32)/t20-/m0/s1. The van der Waals surface area contributed by atoms with Crippen molar-refractivity contribution in [2.75, 3.05) is 54.0 Å². The molecule has 0 radical (unpaired) electrons. The van der Waals surface area contributed by atoms with Gasteiger partial charge in [-0.1, -0.05) is 12.1 Å². The number of hydrogen-bond donors (Lipinski definition) is 1. The summed E-state index contributed by atoms with van der Waals surface area (Å²) in [5.41, 5.74) is 1.92. The van der Waals surface area contributed by atoms with Crippen LogP contribution in [0.3, 0.4) is 0 Å². The van der Waals surface area contributed by atoms with E-state index in [0.717, 1.165) is 52.9 Å².